The van der Waals surface area contributed by atoms with Gasteiger partial charge < -0.3 is 9.47 Å². The van der Waals surface area contributed by atoms with Gasteiger partial charge in [0.15, 0.2) is 0 Å². The summed E-state index contributed by atoms with van der Waals surface area (Å²) < 4.78 is 2.37. The minimum atomic E-state index is 1.11. The Labute approximate surface area is 290 Å². The molecule has 10 aromatic rings. The lowest BCUT2D eigenvalue weighted by Crippen LogP contribution is -2.10. The van der Waals surface area contributed by atoms with Crippen molar-refractivity contribution in [2.75, 3.05) is 4.90 Å². The van der Waals surface area contributed by atoms with Gasteiger partial charge >= 0.3 is 0 Å². The molecule has 0 radical (unpaired) electrons. The van der Waals surface area contributed by atoms with Crippen molar-refractivity contribution in [2.24, 2.45) is 0 Å². The number of anilines is 3. The van der Waals surface area contributed by atoms with Crippen LogP contribution in [0.5, 0.6) is 0 Å². The zero-order valence-corrected chi connectivity index (χ0v) is 27.4. The molecule has 1 aromatic heterocycles. The van der Waals surface area contributed by atoms with E-state index in [1.165, 1.54) is 65.3 Å². The van der Waals surface area contributed by atoms with Gasteiger partial charge in [-0.1, -0.05) is 133 Å². The Hall–Kier alpha value is -6.64. The number of para-hydroxylation sites is 2. The first-order chi connectivity index (χ1) is 24.8. The fourth-order valence-electron chi connectivity index (χ4n) is 7.80. The molecule has 0 bridgehead atoms. The van der Waals surface area contributed by atoms with E-state index in [9.17, 15) is 0 Å². The van der Waals surface area contributed by atoms with Crippen molar-refractivity contribution in [1.82, 2.24) is 4.57 Å². The predicted octanol–water partition coefficient (Wildman–Crippen LogP) is 13.4. The molecule has 0 saturated heterocycles. The highest BCUT2D eigenvalue weighted by Gasteiger charge is 2.18. The number of aromatic nitrogens is 1. The SMILES string of the molecule is c1ccc(-c2ccc(N(c3ccc4c(ccc5ccc6ccccc6c54)c3)c3ccc4c(c3)c3ccccc3n4-c3ccccc3)cc2)cc1. The van der Waals surface area contributed by atoms with Crippen LogP contribution in [0.25, 0.3) is 70.9 Å². The number of hydrogen-bond donors (Lipinski definition) is 0. The lowest BCUT2D eigenvalue weighted by molar-refractivity contribution is 1.18. The molecule has 0 aliphatic rings. The Morgan fingerprint density at radius 1 is 0.320 bits per heavy atom. The molecule has 9 aromatic carbocycles. The van der Waals surface area contributed by atoms with Crippen LogP contribution in [0.1, 0.15) is 0 Å². The lowest BCUT2D eigenvalue weighted by atomic mass is 9.96. The summed E-state index contributed by atoms with van der Waals surface area (Å²) in [6.07, 6.45) is 0. The van der Waals surface area contributed by atoms with Gasteiger partial charge in [0.1, 0.15) is 0 Å². The Morgan fingerprint density at radius 3 is 1.70 bits per heavy atom. The standard InChI is InChI=1S/C48H32N2/c1-3-11-33(12-4-1)34-23-25-39(26-24-34)49(40-27-29-43-37(31-40)22-21-36-20-19-35-13-7-8-16-42(35)48(36)43)41-28-30-47-45(32-41)44-17-9-10-18-46(44)50(47)38-14-5-2-6-15-38/h1-32H. The summed E-state index contributed by atoms with van der Waals surface area (Å²) in [5, 5.41) is 10.1. The zero-order chi connectivity index (χ0) is 33.0. The zero-order valence-electron chi connectivity index (χ0n) is 27.4. The van der Waals surface area contributed by atoms with Gasteiger partial charge in [-0.25, -0.2) is 0 Å². The quantitative estimate of drug-likeness (QED) is 0.171. The van der Waals surface area contributed by atoms with Crippen molar-refractivity contribution in [2.45, 2.75) is 0 Å². The maximum absolute atomic E-state index is 2.40. The van der Waals surface area contributed by atoms with E-state index >= 15 is 0 Å². The van der Waals surface area contributed by atoms with Gasteiger partial charge in [0.25, 0.3) is 0 Å². The number of hydrogen-bond acceptors (Lipinski definition) is 1. The molecule has 0 aliphatic heterocycles. The Bertz CT molecular complexity index is 2850. The van der Waals surface area contributed by atoms with Gasteiger partial charge in [-0.05, 0) is 104 Å². The summed E-state index contributed by atoms with van der Waals surface area (Å²) in [6, 6.07) is 70.5. The van der Waals surface area contributed by atoms with Gasteiger partial charge in [-0.15, -0.1) is 0 Å². The summed E-state index contributed by atoms with van der Waals surface area (Å²) in [4.78, 5) is 2.40. The molecule has 2 nitrogen and oxygen atoms in total. The molecule has 0 amide bonds. The monoisotopic (exact) mass is 636 g/mol. The average molecular weight is 637 g/mol. The highest BCUT2D eigenvalue weighted by atomic mass is 15.1. The number of rotatable bonds is 5. The fourth-order valence-corrected chi connectivity index (χ4v) is 7.80. The normalized spacial score (nSPS) is 11.6. The molecular weight excluding hydrogens is 605 g/mol. The van der Waals surface area contributed by atoms with Crippen molar-refractivity contribution in [3.05, 3.63) is 194 Å². The van der Waals surface area contributed by atoms with E-state index in [0.29, 0.717) is 0 Å². The molecule has 0 unspecified atom stereocenters. The third-order valence-electron chi connectivity index (χ3n) is 10.1. The Balaban J connectivity index is 1.19. The second kappa shape index (κ2) is 11.5. The topological polar surface area (TPSA) is 8.17 Å². The van der Waals surface area contributed by atoms with Crippen LogP contribution in [0, 0.1) is 0 Å². The third kappa shape index (κ3) is 4.57. The first kappa shape index (κ1) is 28.4. The van der Waals surface area contributed by atoms with Crippen LogP contribution in [0.2, 0.25) is 0 Å². The van der Waals surface area contributed by atoms with E-state index in [0.717, 1.165) is 22.7 Å². The molecule has 0 N–H and O–H groups in total. The van der Waals surface area contributed by atoms with Gasteiger partial charge in [-0.3, -0.25) is 0 Å². The van der Waals surface area contributed by atoms with E-state index in [-0.39, 0.29) is 0 Å². The van der Waals surface area contributed by atoms with Crippen molar-refractivity contribution in [3.63, 3.8) is 0 Å². The Morgan fingerprint density at radius 2 is 0.880 bits per heavy atom. The van der Waals surface area contributed by atoms with E-state index < -0.39 is 0 Å². The van der Waals surface area contributed by atoms with Crippen LogP contribution in [0.3, 0.4) is 0 Å². The molecule has 0 saturated carbocycles. The molecule has 234 valence electrons. The van der Waals surface area contributed by atoms with Crippen LogP contribution in [-0.4, -0.2) is 4.57 Å². The molecular formula is C48H32N2. The summed E-state index contributed by atoms with van der Waals surface area (Å²) >= 11 is 0. The molecule has 1 heterocycles. The minimum absolute atomic E-state index is 1.11. The van der Waals surface area contributed by atoms with E-state index in [4.69, 9.17) is 0 Å². The first-order valence-corrected chi connectivity index (χ1v) is 17.2. The summed E-state index contributed by atoms with van der Waals surface area (Å²) in [5.74, 6) is 0. The van der Waals surface area contributed by atoms with Crippen LogP contribution >= 0.6 is 0 Å². The Kier molecular flexibility index (Phi) is 6.53. The largest absolute Gasteiger partial charge is 0.310 e. The maximum atomic E-state index is 2.40. The van der Waals surface area contributed by atoms with E-state index in [2.05, 4.69) is 204 Å². The highest BCUT2D eigenvalue weighted by Crippen LogP contribution is 2.42. The molecule has 10 rings (SSSR count). The number of fused-ring (bicyclic) bond motifs is 8. The van der Waals surface area contributed by atoms with Crippen molar-refractivity contribution in [1.29, 1.82) is 0 Å². The second-order valence-electron chi connectivity index (χ2n) is 13.0. The van der Waals surface area contributed by atoms with Crippen molar-refractivity contribution >= 4 is 71.2 Å². The van der Waals surface area contributed by atoms with Crippen molar-refractivity contribution < 1.29 is 0 Å². The van der Waals surface area contributed by atoms with Crippen LogP contribution in [-0.2, 0) is 0 Å². The van der Waals surface area contributed by atoms with Crippen LogP contribution < -0.4 is 4.90 Å². The number of benzene rings is 9. The summed E-state index contributed by atoms with van der Waals surface area (Å²) in [5.41, 5.74) is 9.32. The summed E-state index contributed by atoms with van der Waals surface area (Å²) in [6.45, 7) is 0. The van der Waals surface area contributed by atoms with Gasteiger partial charge in [0.2, 0.25) is 0 Å². The second-order valence-corrected chi connectivity index (χ2v) is 13.0. The van der Waals surface area contributed by atoms with Gasteiger partial charge in [0.05, 0.1) is 11.0 Å². The van der Waals surface area contributed by atoms with Crippen LogP contribution in [0.4, 0.5) is 17.1 Å². The summed E-state index contributed by atoms with van der Waals surface area (Å²) in [7, 11) is 0. The van der Waals surface area contributed by atoms with E-state index in [1.807, 2.05) is 0 Å². The molecule has 0 spiro atoms. The molecule has 0 fully saturated rings. The number of nitrogens with zero attached hydrogens (tertiary/aromatic N) is 2. The molecule has 50 heavy (non-hydrogen) atoms. The molecule has 0 atom stereocenters. The smallest absolute Gasteiger partial charge is 0.0542 e. The van der Waals surface area contributed by atoms with Gasteiger partial charge in [0, 0.05) is 33.5 Å². The minimum Gasteiger partial charge on any atom is -0.310 e. The highest BCUT2D eigenvalue weighted by molar-refractivity contribution is 6.20. The maximum Gasteiger partial charge on any atom is 0.0542 e. The van der Waals surface area contributed by atoms with Gasteiger partial charge in [-0.2, -0.15) is 0 Å². The lowest BCUT2D eigenvalue weighted by Gasteiger charge is -2.26. The predicted molar refractivity (Wildman–Crippen MR) is 213 cm³/mol. The molecule has 0 aliphatic carbocycles. The molecule has 2 heteroatoms. The van der Waals surface area contributed by atoms with Crippen molar-refractivity contribution in [3.8, 4) is 16.8 Å². The van der Waals surface area contributed by atoms with Crippen LogP contribution in [0.15, 0.2) is 194 Å². The average Bonchev–Trinajstić information content (AvgIpc) is 3.52. The fraction of sp³-hybridized carbons (Fsp3) is 0. The van der Waals surface area contributed by atoms with E-state index in [1.54, 1.807) is 0 Å². The first-order valence-electron chi connectivity index (χ1n) is 17.2. The third-order valence-corrected chi connectivity index (χ3v) is 10.1.